The van der Waals surface area contributed by atoms with Crippen LogP contribution in [-0.4, -0.2) is 59.3 Å². The topological polar surface area (TPSA) is 99.9 Å². The molecule has 1 aliphatic heterocycles. The first-order chi connectivity index (χ1) is 14.5. The predicted molar refractivity (Wildman–Crippen MR) is 112 cm³/mol. The molecule has 0 unspecified atom stereocenters. The molecule has 30 heavy (non-hydrogen) atoms. The van der Waals surface area contributed by atoms with Crippen molar-refractivity contribution in [1.29, 1.82) is 0 Å². The highest BCUT2D eigenvalue weighted by molar-refractivity contribution is 5.97. The van der Waals surface area contributed by atoms with Crippen LogP contribution in [0.25, 0.3) is 28.1 Å². The van der Waals surface area contributed by atoms with Crippen molar-refractivity contribution in [2.75, 3.05) is 13.1 Å². The van der Waals surface area contributed by atoms with Gasteiger partial charge in [0.05, 0.1) is 11.2 Å². The zero-order valence-corrected chi connectivity index (χ0v) is 16.6. The van der Waals surface area contributed by atoms with E-state index in [9.17, 15) is 9.90 Å². The summed E-state index contributed by atoms with van der Waals surface area (Å²) in [4.78, 5) is 22.2. The summed E-state index contributed by atoms with van der Waals surface area (Å²) in [5, 5.41) is 19.1. The standard InChI is InChI=1S/C22H22N6O2/c1-22(30)7-3-8-27(13-22)21(29)17-10-16-6-9-28(20(16)23-12-17)18-5-2-4-15(11-18)19-24-14-25-26-19/h2,4-6,9-12,14,30H,3,7-8,13H2,1H3,(H,24,25,26)/t22-/m0/s1. The van der Waals surface area contributed by atoms with E-state index in [2.05, 4.69) is 20.2 Å². The second-order valence-corrected chi connectivity index (χ2v) is 8.04. The van der Waals surface area contributed by atoms with Crippen molar-refractivity contribution in [3.05, 3.63) is 60.7 Å². The lowest BCUT2D eigenvalue weighted by molar-refractivity contribution is -0.0107. The molecule has 2 N–H and O–H groups in total. The van der Waals surface area contributed by atoms with Crippen LogP contribution in [0.3, 0.4) is 0 Å². The van der Waals surface area contributed by atoms with Crippen molar-refractivity contribution < 1.29 is 9.90 Å². The Morgan fingerprint density at radius 2 is 2.17 bits per heavy atom. The van der Waals surface area contributed by atoms with Gasteiger partial charge in [-0.2, -0.15) is 0 Å². The van der Waals surface area contributed by atoms with Crippen LogP contribution in [0.4, 0.5) is 0 Å². The summed E-state index contributed by atoms with van der Waals surface area (Å²) in [5.74, 6) is 0.607. The molecule has 1 atom stereocenters. The zero-order chi connectivity index (χ0) is 20.7. The summed E-state index contributed by atoms with van der Waals surface area (Å²) < 4.78 is 1.98. The van der Waals surface area contributed by atoms with Gasteiger partial charge in [0.25, 0.3) is 5.91 Å². The molecule has 1 amide bonds. The predicted octanol–water partition coefficient (Wildman–Crippen LogP) is 2.80. The minimum atomic E-state index is -0.830. The van der Waals surface area contributed by atoms with Crippen molar-refractivity contribution in [2.24, 2.45) is 0 Å². The lowest BCUT2D eigenvalue weighted by Crippen LogP contribution is -2.48. The van der Waals surface area contributed by atoms with Crippen LogP contribution in [0, 0.1) is 0 Å². The first-order valence-electron chi connectivity index (χ1n) is 9.96. The molecular formula is C22H22N6O2. The number of aliphatic hydroxyl groups is 1. The highest BCUT2D eigenvalue weighted by Gasteiger charge is 2.31. The van der Waals surface area contributed by atoms with Crippen molar-refractivity contribution in [1.82, 2.24) is 29.6 Å². The lowest BCUT2D eigenvalue weighted by Gasteiger charge is -2.36. The fourth-order valence-corrected chi connectivity index (χ4v) is 4.07. The van der Waals surface area contributed by atoms with Gasteiger partial charge in [0.2, 0.25) is 0 Å². The maximum Gasteiger partial charge on any atom is 0.255 e. The van der Waals surface area contributed by atoms with Crippen LogP contribution < -0.4 is 0 Å². The number of rotatable bonds is 3. The molecule has 0 saturated carbocycles. The van der Waals surface area contributed by atoms with E-state index < -0.39 is 5.60 Å². The first kappa shape index (κ1) is 18.5. The molecule has 1 fully saturated rings. The van der Waals surface area contributed by atoms with Gasteiger partial charge in [0.15, 0.2) is 5.82 Å². The van der Waals surface area contributed by atoms with Crippen LogP contribution in [0.1, 0.15) is 30.1 Å². The van der Waals surface area contributed by atoms with Gasteiger partial charge in [0.1, 0.15) is 12.0 Å². The molecule has 0 radical (unpaired) electrons. The highest BCUT2D eigenvalue weighted by atomic mass is 16.3. The molecule has 0 bridgehead atoms. The number of fused-ring (bicyclic) bond motifs is 1. The van der Waals surface area contributed by atoms with Gasteiger partial charge in [-0.05, 0) is 44.0 Å². The number of carbonyl (C=O) groups excluding carboxylic acids is 1. The smallest absolute Gasteiger partial charge is 0.255 e. The molecule has 1 aliphatic rings. The Labute approximate surface area is 173 Å². The molecule has 3 aromatic heterocycles. The van der Waals surface area contributed by atoms with Crippen molar-refractivity contribution in [3.8, 4) is 17.1 Å². The van der Waals surface area contributed by atoms with E-state index in [-0.39, 0.29) is 5.91 Å². The van der Waals surface area contributed by atoms with Gasteiger partial charge < -0.3 is 19.6 Å². The van der Waals surface area contributed by atoms with Crippen LogP contribution in [0.5, 0.6) is 0 Å². The molecule has 1 saturated heterocycles. The number of amides is 1. The third-order valence-corrected chi connectivity index (χ3v) is 5.55. The van der Waals surface area contributed by atoms with Crippen molar-refractivity contribution in [2.45, 2.75) is 25.4 Å². The average molecular weight is 402 g/mol. The number of β-amino-alcohol motifs (C(OH)–C–C–N with tert-alkyl or cyclic N) is 1. The van der Waals surface area contributed by atoms with E-state index in [1.807, 2.05) is 47.2 Å². The van der Waals surface area contributed by atoms with E-state index in [1.165, 1.54) is 0 Å². The maximum atomic E-state index is 12.9. The Kier molecular flexibility index (Phi) is 4.36. The quantitative estimate of drug-likeness (QED) is 0.549. The fourth-order valence-electron chi connectivity index (χ4n) is 4.07. The summed E-state index contributed by atoms with van der Waals surface area (Å²) in [6.07, 6.45) is 6.62. The largest absolute Gasteiger partial charge is 0.388 e. The molecule has 1 aromatic carbocycles. The number of pyridine rings is 1. The average Bonchev–Trinajstić information content (AvgIpc) is 3.42. The zero-order valence-electron chi connectivity index (χ0n) is 16.6. The van der Waals surface area contributed by atoms with Crippen molar-refractivity contribution >= 4 is 16.9 Å². The molecule has 0 spiro atoms. The Hall–Kier alpha value is -3.52. The number of benzene rings is 1. The molecule has 152 valence electrons. The van der Waals surface area contributed by atoms with Crippen LogP contribution >= 0.6 is 0 Å². The summed E-state index contributed by atoms with van der Waals surface area (Å²) in [7, 11) is 0. The number of carbonyl (C=O) groups is 1. The van der Waals surface area contributed by atoms with E-state index >= 15 is 0 Å². The SMILES string of the molecule is C[C@]1(O)CCCN(C(=O)c2cnc3c(ccn3-c3cccc(-c4nnc[nH]4)c3)c2)C1. The minimum absolute atomic E-state index is 0.0931. The number of H-pyrrole nitrogens is 1. The van der Waals surface area contributed by atoms with Crippen LogP contribution in [-0.2, 0) is 0 Å². The summed E-state index contributed by atoms with van der Waals surface area (Å²) >= 11 is 0. The number of aromatic nitrogens is 5. The Morgan fingerprint density at radius 1 is 1.27 bits per heavy atom. The molecule has 4 heterocycles. The van der Waals surface area contributed by atoms with Gasteiger partial charge in [-0.15, -0.1) is 10.2 Å². The van der Waals surface area contributed by atoms with E-state index in [0.717, 1.165) is 28.7 Å². The number of nitrogens with one attached hydrogen (secondary N) is 1. The second-order valence-electron chi connectivity index (χ2n) is 8.04. The molecule has 8 heteroatoms. The van der Waals surface area contributed by atoms with E-state index in [4.69, 9.17) is 0 Å². The molecule has 8 nitrogen and oxygen atoms in total. The van der Waals surface area contributed by atoms with Crippen molar-refractivity contribution in [3.63, 3.8) is 0 Å². The summed E-state index contributed by atoms with van der Waals surface area (Å²) in [6, 6.07) is 11.7. The number of likely N-dealkylation sites (tertiary alicyclic amines) is 1. The maximum absolute atomic E-state index is 12.9. The van der Waals surface area contributed by atoms with Crippen LogP contribution in [0.2, 0.25) is 0 Å². The van der Waals surface area contributed by atoms with Gasteiger partial charge >= 0.3 is 0 Å². The van der Waals surface area contributed by atoms with Gasteiger partial charge in [0, 0.05) is 42.1 Å². The number of nitrogens with zero attached hydrogens (tertiary/aromatic N) is 5. The number of aromatic amines is 1. The number of hydrogen-bond donors (Lipinski definition) is 2. The van der Waals surface area contributed by atoms with Gasteiger partial charge in [-0.1, -0.05) is 12.1 Å². The first-order valence-corrected chi connectivity index (χ1v) is 9.96. The third kappa shape index (κ3) is 3.35. The normalized spacial score (nSPS) is 19.3. The molecule has 0 aliphatic carbocycles. The van der Waals surface area contributed by atoms with E-state index in [1.54, 1.807) is 24.3 Å². The molecule has 4 aromatic rings. The lowest BCUT2D eigenvalue weighted by atomic mass is 9.95. The minimum Gasteiger partial charge on any atom is -0.388 e. The second kappa shape index (κ2) is 7.07. The summed E-state index contributed by atoms with van der Waals surface area (Å²) in [5.41, 5.74) is 2.34. The number of piperidine rings is 1. The fraction of sp³-hybridized carbons (Fsp3) is 0.273. The summed E-state index contributed by atoms with van der Waals surface area (Å²) in [6.45, 7) is 2.78. The van der Waals surface area contributed by atoms with Gasteiger partial charge in [-0.25, -0.2) is 4.98 Å². The highest BCUT2D eigenvalue weighted by Crippen LogP contribution is 2.25. The Bertz CT molecular complexity index is 1210. The van der Waals surface area contributed by atoms with Crippen LogP contribution in [0.15, 0.2) is 55.1 Å². The molecule has 5 rings (SSSR count). The Balaban J connectivity index is 1.46. The van der Waals surface area contributed by atoms with E-state index in [0.29, 0.717) is 30.9 Å². The molecular weight excluding hydrogens is 380 g/mol. The monoisotopic (exact) mass is 402 g/mol. The number of hydrogen-bond acceptors (Lipinski definition) is 5. The third-order valence-electron chi connectivity index (χ3n) is 5.55. The Morgan fingerprint density at radius 3 is 2.97 bits per heavy atom. The van der Waals surface area contributed by atoms with Gasteiger partial charge in [-0.3, -0.25) is 4.79 Å².